The Morgan fingerprint density at radius 2 is 2.09 bits per heavy atom. The molecule has 0 aliphatic heterocycles. The highest BCUT2D eigenvalue weighted by Gasteiger charge is 2.10. The van der Waals surface area contributed by atoms with E-state index in [0.29, 0.717) is 23.5 Å². The van der Waals surface area contributed by atoms with E-state index in [1.54, 1.807) is 6.20 Å². The minimum atomic E-state index is -0.427. The molecular weight excluding hydrogens is 295 g/mol. The lowest BCUT2D eigenvalue weighted by Crippen LogP contribution is -2.05. The lowest BCUT2D eigenvalue weighted by atomic mass is 10.1. The quantitative estimate of drug-likeness (QED) is 0.569. The van der Waals surface area contributed by atoms with Gasteiger partial charge in [-0.25, -0.2) is 4.39 Å². The molecule has 0 radical (unpaired) electrons. The van der Waals surface area contributed by atoms with Crippen LogP contribution in [0.25, 0.3) is 10.8 Å². The van der Waals surface area contributed by atoms with Crippen molar-refractivity contribution >= 4 is 22.3 Å². The van der Waals surface area contributed by atoms with E-state index in [9.17, 15) is 9.50 Å². The zero-order valence-corrected chi connectivity index (χ0v) is 12.5. The lowest BCUT2D eigenvalue weighted by molar-refractivity contribution is 0.471. The molecule has 0 fully saturated rings. The van der Waals surface area contributed by atoms with E-state index in [1.807, 2.05) is 31.2 Å². The molecule has 3 aromatic rings. The highest BCUT2D eigenvalue weighted by atomic mass is 19.1. The highest BCUT2D eigenvalue weighted by molar-refractivity contribution is 6.03. The topological polar surface area (TPSA) is 70.4 Å². The van der Waals surface area contributed by atoms with E-state index < -0.39 is 5.82 Å². The van der Waals surface area contributed by atoms with Crippen LogP contribution in [0.4, 0.5) is 10.2 Å². The molecule has 0 amide bonds. The molecule has 0 unspecified atom stereocenters. The van der Waals surface area contributed by atoms with Gasteiger partial charge in [-0.15, -0.1) is 5.10 Å². The van der Waals surface area contributed by atoms with Crippen LogP contribution in [0.2, 0.25) is 0 Å². The molecule has 6 heteroatoms. The zero-order chi connectivity index (χ0) is 16.2. The highest BCUT2D eigenvalue weighted by Crippen LogP contribution is 2.22. The fraction of sp³-hybridized carbons (Fsp3) is 0.118. The van der Waals surface area contributed by atoms with Crippen molar-refractivity contribution in [3.8, 4) is 5.75 Å². The lowest BCUT2D eigenvalue weighted by Gasteiger charge is -2.08. The molecule has 0 saturated heterocycles. The number of phenolic OH excluding ortho intramolecular Hbond substituents is 1. The zero-order valence-electron chi connectivity index (χ0n) is 12.5. The number of hydrogen-bond donors (Lipinski definition) is 2. The van der Waals surface area contributed by atoms with Crippen LogP contribution in [0.1, 0.15) is 18.9 Å². The molecule has 0 saturated carbocycles. The van der Waals surface area contributed by atoms with Crippen LogP contribution in [-0.4, -0.2) is 21.0 Å². The summed E-state index contributed by atoms with van der Waals surface area (Å²) in [4.78, 5) is 0. The number of nitrogens with one attached hydrogen (secondary N) is 1. The summed E-state index contributed by atoms with van der Waals surface area (Å²) in [6.07, 6.45) is 2.19. The Balaban J connectivity index is 1.97. The number of fused-ring (bicyclic) bond motifs is 1. The van der Waals surface area contributed by atoms with E-state index in [2.05, 4.69) is 20.7 Å². The third-order valence-corrected chi connectivity index (χ3v) is 3.47. The number of hydrogen-bond acceptors (Lipinski definition) is 5. The molecule has 2 N–H and O–H groups in total. The summed E-state index contributed by atoms with van der Waals surface area (Å²) in [7, 11) is 0. The summed E-state index contributed by atoms with van der Waals surface area (Å²) in [5.41, 5.74) is 3.74. The van der Waals surface area contributed by atoms with Crippen LogP contribution in [0.15, 0.2) is 53.8 Å². The van der Waals surface area contributed by atoms with Gasteiger partial charge in [0.2, 0.25) is 0 Å². The van der Waals surface area contributed by atoms with Gasteiger partial charge in [0, 0.05) is 16.3 Å². The first-order chi connectivity index (χ1) is 11.2. The predicted molar refractivity (Wildman–Crippen MR) is 88.1 cm³/mol. The average molecular weight is 310 g/mol. The van der Waals surface area contributed by atoms with E-state index >= 15 is 0 Å². The number of anilines is 1. The van der Waals surface area contributed by atoms with Gasteiger partial charge in [0.1, 0.15) is 11.6 Å². The second kappa shape index (κ2) is 6.39. The summed E-state index contributed by atoms with van der Waals surface area (Å²) in [6, 6.07) is 11.4. The van der Waals surface area contributed by atoms with E-state index in [0.717, 1.165) is 10.8 Å². The van der Waals surface area contributed by atoms with Gasteiger partial charge in [-0.1, -0.05) is 31.2 Å². The molecule has 0 aliphatic carbocycles. The van der Waals surface area contributed by atoms with Crippen LogP contribution in [0, 0.1) is 5.82 Å². The summed E-state index contributed by atoms with van der Waals surface area (Å²) < 4.78 is 13.4. The van der Waals surface area contributed by atoms with Crippen LogP contribution in [0.5, 0.6) is 5.75 Å². The predicted octanol–water partition coefficient (Wildman–Crippen LogP) is 3.70. The molecule has 116 valence electrons. The molecule has 5 nitrogen and oxygen atoms in total. The SMILES string of the molecule is CC/C(=N\Nc1nncc2ccccc12)c1cc(F)ccc1O. The van der Waals surface area contributed by atoms with Crippen molar-refractivity contribution in [3.63, 3.8) is 0 Å². The van der Waals surface area contributed by atoms with Crippen molar-refractivity contribution in [2.75, 3.05) is 5.43 Å². The standard InChI is InChI=1S/C17H15FN4O/c1-2-15(14-9-12(18)7-8-16(14)23)20-22-17-13-6-4-3-5-11(13)10-19-21-17/h3-10,23H,2H2,1H3,(H,21,22)/b20-15+. The minimum absolute atomic E-state index is 0.0159. The number of rotatable bonds is 4. The van der Waals surface area contributed by atoms with Gasteiger partial charge in [0.15, 0.2) is 5.82 Å². The van der Waals surface area contributed by atoms with Gasteiger partial charge in [0.25, 0.3) is 0 Å². The molecule has 1 aromatic heterocycles. The van der Waals surface area contributed by atoms with E-state index in [-0.39, 0.29) is 5.75 Å². The fourth-order valence-electron chi connectivity index (χ4n) is 2.30. The van der Waals surface area contributed by atoms with Crippen molar-refractivity contribution in [1.29, 1.82) is 0 Å². The Morgan fingerprint density at radius 1 is 1.26 bits per heavy atom. The Labute approximate surface area is 132 Å². The van der Waals surface area contributed by atoms with Crippen molar-refractivity contribution in [1.82, 2.24) is 10.2 Å². The Kier molecular flexibility index (Phi) is 4.14. The van der Waals surface area contributed by atoms with Crippen molar-refractivity contribution in [2.45, 2.75) is 13.3 Å². The molecule has 0 bridgehead atoms. The first-order valence-corrected chi connectivity index (χ1v) is 7.21. The Bertz CT molecular complexity index is 874. The van der Waals surface area contributed by atoms with Gasteiger partial charge in [-0.3, -0.25) is 5.43 Å². The number of aromatic nitrogens is 2. The third-order valence-electron chi connectivity index (χ3n) is 3.47. The smallest absolute Gasteiger partial charge is 0.176 e. The Morgan fingerprint density at radius 3 is 2.91 bits per heavy atom. The minimum Gasteiger partial charge on any atom is -0.507 e. The van der Waals surface area contributed by atoms with Crippen molar-refractivity contribution in [2.24, 2.45) is 5.10 Å². The molecule has 3 rings (SSSR count). The number of hydrazone groups is 1. The molecule has 2 aromatic carbocycles. The maximum atomic E-state index is 13.4. The summed E-state index contributed by atoms with van der Waals surface area (Å²) in [6.45, 7) is 1.87. The van der Waals surface area contributed by atoms with Gasteiger partial charge in [-0.05, 0) is 24.6 Å². The number of halogens is 1. The molecule has 0 spiro atoms. The molecule has 23 heavy (non-hydrogen) atoms. The molecular formula is C17H15FN4O. The van der Waals surface area contributed by atoms with Gasteiger partial charge >= 0.3 is 0 Å². The van der Waals surface area contributed by atoms with Crippen LogP contribution < -0.4 is 5.43 Å². The van der Waals surface area contributed by atoms with Crippen LogP contribution in [-0.2, 0) is 0 Å². The number of nitrogens with zero attached hydrogens (tertiary/aromatic N) is 3. The van der Waals surface area contributed by atoms with E-state index in [4.69, 9.17) is 0 Å². The van der Waals surface area contributed by atoms with Gasteiger partial charge in [-0.2, -0.15) is 10.2 Å². The monoisotopic (exact) mass is 310 g/mol. The van der Waals surface area contributed by atoms with Gasteiger partial charge < -0.3 is 5.11 Å². The summed E-state index contributed by atoms with van der Waals surface area (Å²) >= 11 is 0. The molecule has 0 aliphatic rings. The van der Waals surface area contributed by atoms with Crippen LogP contribution >= 0.6 is 0 Å². The largest absolute Gasteiger partial charge is 0.507 e. The molecule has 1 heterocycles. The van der Waals surface area contributed by atoms with E-state index in [1.165, 1.54) is 18.2 Å². The summed E-state index contributed by atoms with van der Waals surface area (Å²) in [5, 5.41) is 24.0. The third kappa shape index (κ3) is 3.11. The number of benzene rings is 2. The fourth-order valence-corrected chi connectivity index (χ4v) is 2.30. The maximum Gasteiger partial charge on any atom is 0.176 e. The number of aromatic hydroxyl groups is 1. The second-order valence-electron chi connectivity index (χ2n) is 4.97. The Hall–Kier alpha value is -3.02. The maximum absolute atomic E-state index is 13.4. The first kappa shape index (κ1) is 14.9. The number of phenols is 1. The van der Waals surface area contributed by atoms with Crippen molar-refractivity contribution in [3.05, 3.63) is 60.0 Å². The van der Waals surface area contributed by atoms with Crippen LogP contribution in [0.3, 0.4) is 0 Å². The van der Waals surface area contributed by atoms with Crippen molar-refractivity contribution < 1.29 is 9.50 Å². The van der Waals surface area contributed by atoms with Gasteiger partial charge in [0.05, 0.1) is 11.9 Å². The first-order valence-electron chi connectivity index (χ1n) is 7.21. The average Bonchev–Trinajstić information content (AvgIpc) is 2.58. The second-order valence-corrected chi connectivity index (χ2v) is 4.97. The molecule has 0 atom stereocenters. The normalized spacial score (nSPS) is 11.7. The summed E-state index contributed by atoms with van der Waals surface area (Å²) in [5.74, 6) is 0.0617.